The van der Waals surface area contributed by atoms with E-state index < -0.39 is 5.82 Å². The Bertz CT molecular complexity index is 710. The summed E-state index contributed by atoms with van der Waals surface area (Å²) in [5.41, 5.74) is 0.0628. The minimum atomic E-state index is -0.529. The molecule has 24 heavy (non-hydrogen) atoms. The average Bonchev–Trinajstić information content (AvgIpc) is 3.14. The third-order valence-corrected chi connectivity index (χ3v) is 5.33. The molecule has 0 atom stereocenters. The lowest BCUT2D eigenvalue weighted by Crippen LogP contribution is -2.38. The number of thiazole rings is 1. The summed E-state index contributed by atoms with van der Waals surface area (Å²) in [4.78, 5) is 30.5. The molecular weight excluding hydrogens is 327 g/mol. The lowest BCUT2D eigenvalue weighted by Gasteiger charge is -2.31. The van der Waals surface area contributed by atoms with Crippen molar-refractivity contribution in [1.29, 1.82) is 0 Å². The van der Waals surface area contributed by atoms with Gasteiger partial charge in [0.15, 0.2) is 5.78 Å². The monoisotopic (exact) mass is 346 g/mol. The first kappa shape index (κ1) is 16.8. The number of Topliss-reactive ketones (excluding diaryl/α,β-unsaturated/α-hetero) is 1. The number of carbonyl (C=O) groups is 2. The molecular formula is C18H19FN2O2S. The van der Waals surface area contributed by atoms with Gasteiger partial charge >= 0.3 is 0 Å². The van der Waals surface area contributed by atoms with Gasteiger partial charge in [-0.25, -0.2) is 9.37 Å². The smallest absolute Gasteiger partial charge is 0.223 e. The van der Waals surface area contributed by atoms with Crippen molar-refractivity contribution in [3.8, 4) is 0 Å². The molecule has 0 radical (unpaired) electrons. The SMILES string of the molecule is O=C(CCC(=O)N1CCC(c2nccs2)CC1)c1ccccc1F. The Balaban J connectivity index is 1.48. The minimum absolute atomic E-state index is 0.0303. The van der Waals surface area contributed by atoms with Gasteiger partial charge in [0.25, 0.3) is 0 Å². The Morgan fingerprint density at radius 1 is 1.21 bits per heavy atom. The summed E-state index contributed by atoms with van der Waals surface area (Å²) >= 11 is 1.66. The van der Waals surface area contributed by atoms with Crippen molar-refractivity contribution in [2.24, 2.45) is 0 Å². The first-order valence-electron chi connectivity index (χ1n) is 8.10. The van der Waals surface area contributed by atoms with Crippen LogP contribution in [-0.4, -0.2) is 34.7 Å². The van der Waals surface area contributed by atoms with Crippen LogP contribution < -0.4 is 0 Å². The van der Waals surface area contributed by atoms with Gasteiger partial charge in [0.1, 0.15) is 5.82 Å². The number of nitrogens with zero attached hydrogens (tertiary/aromatic N) is 2. The lowest BCUT2D eigenvalue weighted by molar-refractivity contribution is -0.132. The Kier molecular flexibility index (Phi) is 5.35. The molecule has 0 unspecified atom stereocenters. The first-order chi connectivity index (χ1) is 11.6. The fourth-order valence-electron chi connectivity index (χ4n) is 3.01. The zero-order valence-corrected chi connectivity index (χ0v) is 14.1. The summed E-state index contributed by atoms with van der Waals surface area (Å²) in [7, 11) is 0. The van der Waals surface area contributed by atoms with Crippen LogP contribution in [0.5, 0.6) is 0 Å². The van der Waals surface area contributed by atoms with Crippen LogP contribution >= 0.6 is 11.3 Å². The fourth-order valence-corrected chi connectivity index (χ4v) is 3.82. The largest absolute Gasteiger partial charge is 0.343 e. The van der Waals surface area contributed by atoms with Crippen LogP contribution in [0.1, 0.15) is 47.0 Å². The van der Waals surface area contributed by atoms with Crippen LogP contribution in [0.4, 0.5) is 4.39 Å². The van der Waals surface area contributed by atoms with Crippen molar-refractivity contribution in [1.82, 2.24) is 9.88 Å². The van der Waals surface area contributed by atoms with Crippen LogP contribution in [0.25, 0.3) is 0 Å². The fraction of sp³-hybridized carbons (Fsp3) is 0.389. The van der Waals surface area contributed by atoms with Crippen LogP contribution in [-0.2, 0) is 4.79 Å². The van der Waals surface area contributed by atoms with Crippen molar-refractivity contribution >= 4 is 23.0 Å². The van der Waals surface area contributed by atoms with Gasteiger partial charge in [-0.15, -0.1) is 11.3 Å². The van der Waals surface area contributed by atoms with E-state index in [1.807, 2.05) is 11.6 Å². The molecule has 1 aromatic carbocycles. The highest BCUT2D eigenvalue weighted by molar-refractivity contribution is 7.09. The van der Waals surface area contributed by atoms with Gasteiger partial charge in [0.2, 0.25) is 5.91 Å². The first-order valence-corrected chi connectivity index (χ1v) is 8.98. The van der Waals surface area contributed by atoms with Crippen molar-refractivity contribution in [2.45, 2.75) is 31.6 Å². The summed E-state index contributed by atoms with van der Waals surface area (Å²) in [6.07, 6.45) is 3.80. The quantitative estimate of drug-likeness (QED) is 0.777. The van der Waals surface area contributed by atoms with Gasteiger partial charge in [-0.1, -0.05) is 12.1 Å². The van der Waals surface area contributed by atoms with Crippen molar-refractivity contribution in [2.75, 3.05) is 13.1 Å². The molecule has 0 aliphatic carbocycles. The predicted octanol–water partition coefficient (Wildman–Crippen LogP) is 3.65. The number of amides is 1. The standard InChI is InChI=1S/C18H19FN2O2S/c19-15-4-2-1-3-14(15)16(22)5-6-17(23)21-10-7-13(8-11-21)18-20-9-12-24-18/h1-4,9,12-13H,5-8,10-11H2. The Labute approximate surface area is 144 Å². The van der Waals surface area contributed by atoms with Crippen molar-refractivity contribution in [3.63, 3.8) is 0 Å². The molecule has 0 bridgehead atoms. The molecule has 1 fully saturated rings. The van der Waals surface area contributed by atoms with Gasteiger partial charge in [0, 0.05) is 43.4 Å². The van der Waals surface area contributed by atoms with Crippen LogP contribution in [0.2, 0.25) is 0 Å². The molecule has 4 nitrogen and oxygen atoms in total. The van der Waals surface area contributed by atoms with E-state index in [4.69, 9.17) is 0 Å². The summed E-state index contributed by atoms with van der Waals surface area (Å²) in [5, 5.41) is 3.11. The second-order valence-corrected chi connectivity index (χ2v) is 6.85. The van der Waals surface area contributed by atoms with Gasteiger partial charge < -0.3 is 4.90 Å². The molecule has 2 aromatic rings. The van der Waals surface area contributed by atoms with Gasteiger partial charge in [-0.3, -0.25) is 9.59 Å². The summed E-state index contributed by atoms with van der Waals surface area (Å²) in [6.45, 7) is 1.38. The Hall–Kier alpha value is -2.08. The average molecular weight is 346 g/mol. The number of likely N-dealkylation sites (tertiary alicyclic amines) is 1. The van der Waals surface area contributed by atoms with E-state index in [9.17, 15) is 14.0 Å². The molecule has 1 aromatic heterocycles. The topological polar surface area (TPSA) is 50.3 Å². The third kappa shape index (κ3) is 3.87. The second-order valence-electron chi connectivity index (χ2n) is 5.93. The molecule has 0 N–H and O–H groups in total. The summed E-state index contributed by atoms with van der Waals surface area (Å²) in [6, 6.07) is 5.89. The number of carbonyl (C=O) groups excluding carboxylic acids is 2. The van der Waals surface area contributed by atoms with E-state index in [1.54, 1.807) is 28.4 Å². The highest BCUT2D eigenvalue weighted by atomic mass is 32.1. The van der Waals surface area contributed by atoms with Crippen molar-refractivity contribution in [3.05, 3.63) is 52.2 Å². The van der Waals surface area contributed by atoms with E-state index in [-0.39, 0.29) is 30.1 Å². The molecule has 1 aliphatic heterocycles. The van der Waals surface area contributed by atoms with Crippen molar-refractivity contribution < 1.29 is 14.0 Å². The number of piperidine rings is 1. The van der Waals surface area contributed by atoms with Gasteiger partial charge in [0.05, 0.1) is 10.6 Å². The second kappa shape index (κ2) is 7.66. The number of hydrogen-bond donors (Lipinski definition) is 0. The molecule has 0 spiro atoms. The van der Waals surface area contributed by atoms with Gasteiger partial charge in [-0.05, 0) is 25.0 Å². The maximum Gasteiger partial charge on any atom is 0.223 e. The maximum atomic E-state index is 13.6. The summed E-state index contributed by atoms with van der Waals surface area (Å²) < 4.78 is 13.6. The normalized spacial score (nSPS) is 15.5. The van der Waals surface area contributed by atoms with Gasteiger partial charge in [-0.2, -0.15) is 0 Å². The highest BCUT2D eigenvalue weighted by Crippen LogP contribution is 2.29. The molecule has 1 saturated heterocycles. The molecule has 126 valence electrons. The molecule has 3 rings (SSSR count). The summed E-state index contributed by atoms with van der Waals surface area (Å²) in [5.74, 6) is -0.454. The van der Waals surface area contributed by atoms with E-state index in [0.29, 0.717) is 19.0 Å². The van der Waals surface area contributed by atoms with Crippen LogP contribution in [0.3, 0.4) is 0 Å². The number of halogens is 1. The Morgan fingerprint density at radius 2 is 1.96 bits per heavy atom. The number of ketones is 1. The maximum absolute atomic E-state index is 13.6. The zero-order valence-electron chi connectivity index (χ0n) is 13.3. The zero-order chi connectivity index (χ0) is 16.9. The Morgan fingerprint density at radius 3 is 2.62 bits per heavy atom. The minimum Gasteiger partial charge on any atom is -0.343 e. The molecule has 1 amide bonds. The molecule has 0 saturated carbocycles. The number of benzene rings is 1. The number of hydrogen-bond acceptors (Lipinski definition) is 4. The third-order valence-electron chi connectivity index (χ3n) is 4.39. The van der Waals surface area contributed by atoms with E-state index in [0.717, 1.165) is 17.8 Å². The van der Waals surface area contributed by atoms with E-state index in [1.165, 1.54) is 12.1 Å². The van der Waals surface area contributed by atoms with E-state index >= 15 is 0 Å². The van der Waals surface area contributed by atoms with Crippen LogP contribution in [0, 0.1) is 5.82 Å². The predicted molar refractivity (Wildman–Crippen MR) is 90.6 cm³/mol. The highest BCUT2D eigenvalue weighted by Gasteiger charge is 2.25. The molecule has 6 heteroatoms. The number of rotatable bonds is 5. The molecule has 2 heterocycles. The van der Waals surface area contributed by atoms with E-state index in [2.05, 4.69) is 4.98 Å². The number of aromatic nitrogens is 1. The lowest BCUT2D eigenvalue weighted by atomic mass is 9.97. The van der Waals surface area contributed by atoms with Crippen LogP contribution in [0.15, 0.2) is 35.8 Å². The molecule has 1 aliphatic rings.